The second kappa shape index (κ2) is 3.30. The molecule has 0 unspecified atom stereocenters. The summed E-state index contributed by atoms with van der Waals surface area (Å²) in [5.41, 5.74) is 0.110. The van der Waals surface area contributed by atoms with Crippen molar-refractivity contribution in [2.45, 2.75) is 0 Å². The van der Waals surface area contributed by atoms with Crippen LogP contribution in [0.3, 0.4) is 0 Å². The van der Waals surface area contributed by atoms with Crippen LogP contribution in [0.25, 0.3) is 0 Å². The summed E-state index contributed by atoms with van der Waals surface area (Å²) >= 11 is 0. The van der Waals surface area contributed by atoms with Gasteiger partial charge in [-0.25, -0.2) is 9.78 Å². The summed E-state index contributed by atoms with van der Waals surface area (Å²) in [7, 11) is 3.42. The van der Waals surface area contributed by atoms with E-state index in [0.29, 0.717) is 5.69 Å². The summed E-state index contributed by atoms with van der Waals surface area (Å²) in [6, 6.07) is 1.54. The van der Waals surface area contributed by atoms with Gasteiger partial charge >= 0.3 is 5.97 Å². The molecule has 5 nitrogen and oxygen atoms in total. The maximum Gasteiger partial charge on any atom is 0.358 e. The van der Waals surface area contributed by atoms with E-state index in [2.05, 4.69) is 4.98 Å². The SMILES string of the molecule is CN(C)c1ccnc(C(=O)O)c1O. The number of aromatic hydroxyl groups is 1. The third-order valence-electron chi connectivity index (χ3n) is 1.59. The molecule has 0 bridgehead atoms. The number of rotatable bonds is 2. The summed E-state index contributed by atoms with van der Waals surface area (Å²) in [4.78, 5) is 15.7. The standard InChI is InChI=1S/C8H10N2O3/c1-10(2)5-3-4-9-6(7(5)11)8(12)13/h3-4,11H,1-2H3,(H,12,13). The zero-order chi connectivity index (χ0) is 10.0. The molecule has 1 rings (SSSR count). The molecule has 1 heterocycles. The number of anilines is 1. The zero-order valence-electron chi connectivity index (χ0n) is 7.35. The Morgan fingerprint density at radius 3 is 2.62 bits per heavy atom. The summed E-state index contributed by atoms with van der Waals surface area (Å²) < 4.78 is 0. The van der Waals surface area contributed by atoms with Crippen molar-refractivity contribution in [3.63, 3.8) is 0 Å². The van der Waals surface area contributed by atoms with E-state index in [0.717, 1.165) is 0 Å². The largest absolute Gasteiger partial charge is 0.504 e. The number of aromatic nitrogens is 1. The zero-order valence-corrected chi connectivity index (χ0v) is 7.35. The molecule has 0 fully saturated rings. The van der Waals surface area contributed by atoms with E-state index in [1.165, 1.54) is 6.20 Å². The third-order valence-corrected chi connectivity index (χ3v) is 1.59. The Kier molecular flexibility index (Phi) is 2.36. The van der Waals surface area contributed by atoms with Crippen LogP contribution in [0.15, 0.2) is 12.3 Å². The van der Waals surface area contributed by atoms with Gasteiger partial charge in [-0.3, -0.25) is 0 Å². The Morgan fingerprint density at radius 1 is 1.54 bits per heavy atom. The average Bonchev–Trinajstić information content (AvgIpc) is 2.03. The molecule has 0 atom stereocenters. The first-order valence-electron chi connectivity index (χ1n) is 3.62. The molecule has 0 aliphatic carbocycles. The fourth-order valence-electron chi connectivity index (χ4n) is 0.961. The lowest BCUT2D eigenvalue weighted by molar-refractivity contribution is 0.0687. The van der Waals surface area contributed by atoms with Crippen molar-refractivity contribution in [2.24, 2.45) is 0 Å². The minimum absolute atomic E-state index is 0.306. The number of carbonyl (C=O) groups is 1. The lowest BCUT2D eigenvalue weighted by atomic mass is 10.2. The molecule has 0 aliphatic rings. The predicted octanol–water partition coefficient (Wildman–Crippen LogP) is 0.551. The summed E-state index contributed by atoms with van der Waals surface area (Å²) in [6.07, 6.45) is 1.35. The van der Waals surface area contributed by atoms with Gasteiger partial charge in [-0.2, -0.15) is 0 Å². The molecule has 0 saturated carbocycles. The van der Waals surface area contributed by atoms with E-state index in [1.807, 2.05) is 0 Å². The molecule has 5 heteroatoms. The van der Waals surface area contributed by atoms with Crippen LogP contribution in [0.2, 0.25) is 0 Å². The maximum atomic E-state index is 10.6. The van der Waals surface area contributed by atoms with Gasteiger partial charge in [0.1, 0.15) is 0 Å². The number of pyridine rings is 1. The molecular weight excluding hydrogens is 172 g/mol. The van der Waals surface area contributed by atoms with Crippen LogP contribution in [0.4, 0.5) is 5.69 Å². The van der Waals surface area contributed by atoms with E-state index in [1.54, 1.807) is 25.1 Å². The van der Waals surface area contributed by atoms with Gasteiger partial charge in [0.15, 0.2) is 11.4 Å². The molecule has 1 aromatic rings. The van der Waals surface area contributed by atoms with Crippen molar-refractivity contribution in [1.29, 1.82) is 0 Å². The van der Waals surface area contributed by atoms with Crippen molar-refractivity contribution in [2.75, 3.05) is 19.0 Å². The van der Waals surface area contributed by atoms with Crippen LogP contribution < -0.4 is 4.90 Å². The Hall–Kier alpha value is -1.78. The summed E-state index contributed by atoms with van der Waals surface area (Å²) in [5, 5.41) is 18.1. The highest BCUT2D eigenvalue weighted by atomic mass is 16.4. The van der Waals surface area contributed by atoms with Gasteiger partial charge in [0.25, 0.3) is 0 Å². The number of hydrogen-bond donors (Lipinski definition) is 2. The van der Waals surface area contributed by atoms with Crippen molar-refractivity contribution >= 4 is 11.7 Å². The topological polar surface area (TPSA) is 73.7 Å². The molecule has 1 aromatic heterocycles. The Balaban J connectivity index is 3.26. The van der Waals surface area contributed by atoms with Crippen LogP contribution in [-0.2, 0) is 0 Å². The number of carboxylic acid groups (broad SMARTS) is 1. The van der Waals surface area contributed by atoms with E-state index in [9.17, 15) is 9.90 Å². The first kappa shape index (κ1) is 9.31. The normalized spacial score (nSPS) is 9.69. The van der Waals surface area contributed by atoms with Gasteiger partial charge in [0, 0.05) is 20.3 Å². The molecule has 0 spiro atoms. The van der Waals surface area contributed by atoms with E-state index < -0.39 is 5.97 Å². The van der Waals surface area contributed by atoms with Gasteiger partial charge in [-0.1, -0.05) is 0 Å². The average molecular weight is 182 g/mol. The number of nitrogens with zero attached hydrogens (tertiary/aromatic N) is 2. The Bertz CT molecular complexity index is 336. The Labute approximate surface area is 75.3 Å². The fraction of sp³-hybridized carbons (Fsp3) is 0.250. The van der Waals surface area contributed by atoms with Crippen molar-refractivity contribution in [3.05, 3.63) is 18.0 Å². The monoisotopic (exact) mass is 182 g/mol. The first-order chi connectivity index (χ1) is 6.04. The van der Waals surface area contributed by atoms with Crippen molar-refractivity contribution in [3.8, 4) is 5.75 Å². The van der Waals surface area contributed by atoms with Gasteiger partial charge in [0.2, 0.25) is 0 Å². The van der Waals surface area contributed by atoms with E-state index in [4.69, 9.17) is 5.11 Å². The fourth-order valence-corrected chi connectivity index (χ4v) is 0.961. The van der Waals surface area contributed by atoms with Crippen LogP contribution in [0.1, 0.15) is 10.5 Å². The van der Waals surface area contributed by atoms with E-state index in [-0.39, 0.29) is 11.4 Å². The number of aromatic carboxylic acids is 1. The van der Waals surface area contributed by atoms with Gasteiger partial charge in [-0.15, -0.1) is 0 Å². The molecule has 0 saturated heterocycles. The second-order valence-electron chi connectivity index (χ2n) is 2.73. The molecule has 70 valence electrons. The molecule has 0 amide bonds. The lowest BCUT2D eigenvalue weighted by Crippen LogP contribution is -2.11. The molecule has 0 aromatic carbocycles. The van der Waals surface area contributed by atoms with Gasteiger partial charge < -0.3 is 15.1 Å². The maximum absolute atomic E-state index is 10.6. The number of hydrogen-bond acceptors (Lipinski definition) is 4. The van der Waals surface area contributed by atoms with Crippen LogP contribution in [0, 0.1) is 0 Å². The highest BCUT2D eigenvalue weighted by Crippen LogP contribution is 2.27. The van der Waals surface area contributed by atoms with Crippen LogP contribution in [0.5, 0.6) is 5.75 Å². The molecule has 0 aliphatic heterocycles. The minimum atomic E-state index is -1.24. The highest BCUT2D eigenvalue weighted by Gasteiger charge is 2.15. The van der Waals surface area contributed by atoms with E-state index >= 15 is 0 Å². The molecule has 0 radical (unpaired) electrons. The summed E-state index contributed by atoms with van der Waals surface area (Å²) in [6.45, 7) is 0. The lowest BCUT2D eigenvalue weighted by Gasteiger charge is -2.14. The first-order valence-corrected chi connectivity index (χ1v) is 3.62. The molecule has 13 heavy (non-hydrogen) atoms. The van der Waals surface area contributed by atoms with Gasteiger partial charge in [-0.05, 0) is 6.07 Å². The number of carboxylic acids is 1. The van der Waals surface area contributed by atoms with Crippen molar-refractivity contribution < 1.29 is 15.0 Å². The summed E-state index contributed by atoms with van der Waals surface area (Å²) in [5.74, 6) is -1.54. The quantitative estimate of drug-likeness (QED) is 0.698. The molecule has 2 N–H and O–H groups in total. The molecular formula is C8H10N2O3. The highest BCUT2D eigenvalue weighted by molar-refractivity contribution is 5.90. The Morgan fingerprint density at radius 2 is 2.15 bits per heavy atom. The van der Waals surface area contributed by atoms with Crippen molar-refractivity contribution in [1.82, 2.24) is 4.98 Å². The predicted molar refractivity (Wildman–Crippen MR) is 47.2 cm³/mol. The minimum Gasteiger partial charge on any atom is -0.504 e. The van der Waals surface area contributed by atoms with Crippen LogP contribution in [-0.4, -0.2) is 35.3 Å². The van der Waals surface area contributed by atoms with Gasteiger partial charge in [0.05, 0.1) is 5.69 Å². The second-order valence-corrected chi connectivity index (χ2v) is 2.73. The smallest absolute Gasteiger partial charge is 0.358 e. The third kappa shape index (κ3) is 1.69. The van der Waals surface area contributed by atoms with Crippen LogP contribution >= 0.6 is 0 Å².